The van der Waals surface area contributed by atoms with E-state index in [0.717, 1.165) is 56.6 Å². The van der Waals surface area contributed by atoms with Crippen LogP contribution in [0, 0.1) is 17.7 Å². The van der Waals surface area contributed by atoms with Gasteiger partial charge in [-0.3, -0.25) is 4.79 Å². The third-order valence-corrected chi connectivity index (χ3v) is 10.3. The molecule has 1 spiro atoms. The number of fused-ring (bicyclic) bond motifs is 2. The van der Waals surface area contributed by atoms with Crippen molar-refractivity contribution < 1.29 is 44.6 Å². The van der Waals surface area contributed by atoms with E-state index < -0.39 is 5.41 Å². The zero-order valence-electron chi connectivity index (χ0n) is 23.1. The second-order valence-electron chi connectivity index (χ2n) is 12.5. The normalized spacial score (nSPS) is 31.1. The van der Waals surface area contributed by atoms with Crippen LogP contribution in [0.3, 0.4) is 0 Å². The minimum absolute atomic E-state index is 0. The molecule has 0 unspecified atom stereocenters. The number of benzene rings is 2. The summed E-state index contributed by atoms with van der Waals surface area (Å²) in [6.45, 7) is 5.43. The fraction of sp³-hybridized carbons (Fsp3) is 0.594. The molecule has 2 saturated heterocycles. The maximum Gasteiger partial charge on any atom is 0.233 e. The standard InChI is InChI=1S/C32H42FN3O.2ClH/c1-22-17-26-13-8-14-28(33)30(26)32(21-35-22)20-34-19-27(32)31(37)36-16-15-25(23-9-4-2-5-10-23)18-29(36)24-11-6-3-7-12-24;;/h2,4-5,8-10,13-14,22,24-25,27,29,34-35H,3,6-7,11-12,15-21H2,1H3;2*1H/t22-,25-,27+,29+,32+;;/m1../s1. The number of halogens is 3. The summed E-state index contributed by atoms with van der Waals surface area (Å²) in [7, 11) is 0. The van der Waals surface area contributed by atoms with Crippen LogP contribution in [0.5, 0.6) is 0 Å². The van der Waals surface area contributed by atoms with Crippen LogP contribution >= 0.6 is 0 Å². The molecule has 2 aromatic rings. The molecule has 39 heavy (non-hydrogen) atoms. The molecule has 7 heteroatoms. The van der Waals surface area contributed by atoms with Crippen molar-refractivity contribution in [2.24, 2.45) is 11.8 Å². The number of hydrogen-bond donors (Lipinski definition) is 2. The number of nitrogens with two attached hydrogens (primary N) is 2. The fourth-order valence-corrected chi connectivity index (χ4v) is 8.42. The maximum absolute atomic E-state index is 15.6. The molecule has 5 atom stereocenters. The first-order valence-electron chi connectivity index (χ1n) is 14.8. The van der Waals surface area contributed by atoms with Crippen LogP contribution in [0.15, 0.2) is 48.5 Å². The highest BCUT2D eigenvalue weighted by Gasteiger charge is 2.57. The van der Waals surface area contributed by atoms with Gasteiger partial charge in [0.15, 0.2) is 0 Å². The quantitative estimate of drug-likeness (QED) is 0.406. The molecule has 0 radical (unpaired) electrons. The number of carbonyl (C=O) groups excluding carboxylic acids is 1. The predicted molar refractivity (Wildman–Crippen MR) is 144 cm³/mol. The maximum atomic E-state index is 15.6. The molecule has 4 N–H and O–H groups in total. The van der Waals surface area contributed by atoms with Gasteiger partial charge in [-0.05, 0) is 61.6 Å². The first-order chi connectivity index (χ1) is 18.1. The molecule has 3 fully saturated rings. The van der Waals surface area contributed by atoms with E-state index in [1.807, 2.05) is 6.07 Å². The van der Waals surface area contributed by atoms with Crippen molar-refractivity contribution in [1.82, 2.24) is 4.90 Å². The Labute approximate surface area is 245 Å². The van der Waals surface area contributed by atoms with Crippen LogP contribution in [0.25, 0.3) is 0 Å². The zero-order chi connectivity index (χ0) is 25.4. The molecule has 0 bridgehead atoms. The third kappa shape index (κ3) is 5.75. The predicted octanol–water partition coefficient (Wildman–Crippen LogP) is -2.87. The number of piperidine rings is 1. The van der Waals surface area contributed by atoms with Crippen LogP contribution < -0.4 is 35.4 Å². The van der Waals surface area contributed by atoms with E-state index in [0.29, 0.717) is 29.8 Å². The minimum Gasteiger partial charge on any atom is -1.00 e. The monoisotopic (exact) mass is 575 g/mol. The van der Waals surface area contributed by atoms with E-state index >= 15 is 4.39 Å². The third-order valence-electron chi connectivity index (χ3n) is 10.3. The van der Waals surface area contributed by atoms with Crippen LogP contribution in [0.4, 0.5) is 4.39 Å². The largest absolute Gasteiger partial charge is 1.00 e. The molecule has 214 valence electrons. The molecule has 1 aliphatic carbocycles. The van der Waals surface area contributed by atoms with E-state index in [-0.39, 0.29) is 36.5 Å². The van der Waals surface area contributed by atoms with E-state index in [1.165, 1.54) is 37.7 Å². The number of rotatable bonds is 3. The van der Waals surface area contributed by atoms with E-state index in [2.05, 4.69) is 58.9 Å². The first-order valence-corrected chi connectivity index (χ1v) is 14.8. The van der Waals surface area contributed by atoms with E-state index in [1.54, 1.807) is 6.07 Å². The summed E-state index contributed by atoms with van der Waals surface area (Å²) in [4.78, 5) is 17.0. The van der Waals surface area contributed by atoms with Crippen molar-refractivity contribution in [2.45, 2.75) is 81.7 Å². The Morgan fingerprint density at radius 3 is 2.51 bits per heavy atom. The smallest absolute Gasteiger partial charge is 0.233 e. The molecule has 4 nitrogen and oxygen atoms in total. The van der Waals surface area contributed by atoms with Gasteiger partial charge in [0.1, 0.15) is 17.2 Å². The fourth-order valence-electron chi connectivity index (χ4n) is 8.42. The van der Waals surface area contributed by atoms with Gasteiger partial charge in [-0.25, -0.2) is 4.39 Å². The lowest BCUT2D eigenvalue weighted by Gasteiger charge is -2.46. The molecule has 0 aromatic heterocycles. The topological polar surface area (TPSA) is 53.5 Å². The Balaban J connectivity index is 0.00000176. The second-order valence-corrected chi connectivity index (χ2v) is 12.5. The molecule has 4 aliphatic rings. The van der Waals surface area contributed by atoms with Gasteiger partial charge >= 0.3 is 0 Å². The number of nitrogens with zero attached hydrogens (tertiary/aromatic N) is 1. The molecule has 2 aromatic carbocycles. The van der Waals surface area contributed by atoms with Crippen LogP contribution in [0.2, 0.25) is 0 Å². The number of carbonyl (C=O) groups is 1. The Morgan fingerprint density at radius 2 is 1.74 bits per heavy atom. The summed E-state index contributed by atoms with van der Waals surface area (Å²) in [5.41, 5.74) is 2.94. The summed E-state index contributed by atoms with van der Waals surface area (Å²) in [6.07, 6.45) is 9.32. The first kappa shape index (κ1) is 30.3. The lowest BCUT2D eigenvalue weighted by molar-refractivity contribution is -0.697. The summed E-state index contributed by atoms with van der Waals surface area (Å²) >= 11 is 0. The van der Waals surface area contributed by atoms with Gasteiger partial charge in [-0.15, -0.1) is 0 Å². The molecule has 3 aliphatic heterocycles. The number of amides is 1. The van der Waals surface area contributed by atoms with Gasteiger partial charge < -0.3 is 40.3 Å². The van der Waals surface area contributed by atoms with Gasteiger partial charge in [0.25, 0.3) is 0 Å². The Hall–Kier alpha value is -1.66. The Kier molecular flexibility index (Phi) is 10.0. The van der Waals surface area contributed by atoms with Crippen LogP contribution in [-0.4, -0.2) is 49.1 Å². The molecular formula is C32H44Cl2FN3O. The Bertz CT molecular complexity index is 1110. The van der Waals surface area contributed by atoms with Crippen LogP contribution in [0.1, 0.15) is 74.5 Å². The van der Waals surface area contributed by atoms with Crippen molar-refractivity contribution >= 4 is 5.91 Å². The lowest BCUT2D eigenvalue weighted by Crippen LogP contribution is -3.00. The van der Waals surface area contributed by atoms with Crippen LogP contribution in [-0.2, 0) is 16.6 Å². The molecular weight excluding hydrogens is 532 g/mol. The summed E-state index contributed by atoms with van der Waals surface area (Å²) in [6, 6.07) is 17.2. The molecule has 6 rings (SSSR count). The highest BCUT2D eigenvalue weighted by Crippen LogP contribution is 2.43. The van der Waals surface area contributed by atoms with Crippen molar-refractivity contribution in [3.8, 4) is 0 Å². The number of hydrogen-bond acceptors (Lipinski definition) is 1. The van der Waals surface area contributed by atoms with Gasteiger partial charge in [0, 0.05) is 24.6 Å². The van der Waals surface area contributed by atoms with Crippen molar-refractivity contribution in [3.63, 3.8) is 0 Å². The molecule has 1 amide bonds. The minimum atomic E-state index is -0.435. The van der Waals surface area contributed by atoms with Crippen molar-refractivity contribution in [1.29, 1.82) is 0 Å². The summed E-state index contributed by atoms with van der Waals surface area (Å²) in [5, 5.41) is 4.66. The zero-order valence-corrected chi connectivity index (χ0v) is 24.6. The van der Waals surface area contributed by atoms with Gasteiger partial charge in [0.05, 0.1) is 25.7 Å². The van der Waals surface area contributed by atoms with Gasteiger partial charge in [-0.1, -0.05) is 61.7 Å². The second kappa shape index (κ2) is 12.9. The summed E-state index contributed by atoms with van der Waals surface area (Å²) < 4.78 is 15.6. The molecule has 1 saturated carbocycles. The Morgan fingerprint density at radius 1 is 0.974 bits per heavy atom. The average molecular weight is 577 g/mol. The summed E-state index contributed by atoms with van der Waals surface area (Å²) in [5.74, 6) is 1.14. The van der Waals surface area contributed by atoms with Crippen molar-refractivity contribution in [2.75, 3.05) is 26.2 Å². The lowest BCUT2D eigenvalue weighted by atomic mass is 9.69. The van der Waals surface area contributed by atoms with Gasteiger partial charge in [0.2, 0.25) is 5.91 Å². The number of quaternary nitrogens is 2. The van der Waals surface area contributed by atoms with Gasteiger partial charge in [-0.2, -0.15) is 0 Å². The highest BCUT2D eigenvalue weighted by molar-refractivity contribution is 5.82. The average Bonchev–Trinajstić information content (AvgIpc) is 3.30. The molecule has 3 heterocycles. The van der Waals surface area contributed by atoms with Crippen molar-refractivity contribution in [3.05, 3.63) is 71.0 Å². The SMILES string of the molecule is C[C@@H]1Cc2cccc(F)c2[C@@]2(C[NH2+]C[C@H]2C(=O)N2CC[C@@H](c3ccccc3)C[C@H]2C2CCCCC2)C[NH2+]1.[Cl-].[Cl-]. The number of likely N-dealkylation sites (tertiary alicyclic amines) is 1. The van der Waals surface area contributed by atoms with E-state index in [4.69, 9.17) is 0 Å². The highest BCUT2D eigenvalue weighted by atomic mass is 35.5. The van der Waals surface area contributed by atoms with E-state index in [9.17, 15) is 4.79 Å².